The molecule has 0 atom stereocenters. The number of likely N-dealkylation sites (N-methyl/N-ethyl adjacent to an activating group) is 1. The first kappa shape index (κ1) is 86.8. The summed E-state index contributed by atoms with van der Waals surface area (Å²) in [7, 11) is 10.8. The third kappa shape index (κ3) is 20.2. The minimum Gasteiger partial charge on any atom is -0.493 e. The average molecular weight is 1760 g/mol. The van der Waals surface area contributed by atoms with E-state index in [4.69, 9.17) is 48.4 Å². The molecule has 0 spiro atoms. The number of alkyl carbamates (subject to hydrolysis) is 1. The Morgan fingerprint density at radius 3 is 0.992 bits per heavy atom. The Morgan fingerprint density at radius 1 is 0.374 bits per heavy atom. The molecule has 0 radical (unpaired) electrons. The number of aromatic amines is 4. The van der Waals surface area contributed by atoms with Gasteiger partial charge in [-0.1, -0.05) is 30.3 Å². The third-order valence-corrected chi connectivity index (χ3v) is 24.7. The molecule has 9 aromatic carbocycles. The third-order valence-electron chi connectivity index (χ3n) is 24.7. The smallest absolute Gasteiger partial charge is 0.408 e. The number of pyridine rings is 4. The van der Waals surface area contributed by atoms with Crippen molar-refractivity contribution in [3.8, 4) is 46.0 Å². The Labute approximate surface area is 758 Å². The summed E-state index contributed by atoms with van der Waals surface area (Å²) in [5.74, 6) is 5.17. The van der Waals surface area contributed by atoms with Crippen molar-refractivity contribution < 1.29 is 52.2 Å². The Morgan fingerprint density at radius 2 is 0.695 bits per heavy atom. The van der Waals surface area contributed by atoms with Gasteiger partial charge in [0.05, 0.1) is 72.7 Å². The number of anilines is 8. The SMILES string of the molecule is COc1cc2c(Nc3ccc4[nH]c(C)cc4c3)ccnc2cc1OCC1(N(C)C)CC1.COc1cc2c(Nc3ccc4[nH]c(C)cc4c3)ccnc2cc1OCC1(N)CC1.COc1cc2c(Nc3ccc4[nH]c(C)cc4c3)ccnc2cc1OCC1(NC(=O)OCc2ccccc2)CC1.COc1cc2c(Nc3ccc4[nH]c(C)cc4c3)ccnc2cc1OCC1(NC(C)=O)CC1. The van der Waals surface area contributed by atoms with E-state index in [9.17, 15) is 9.59 Å². The van der Waals surface area contributed by atoms with E-state index in [0.717, 1.165) is 213 Å². The largest absolute Gasteiger partial charge is 0.493 e. The number of hydrogen-bond donors (Lipinski definition) is 11. The standard InChI is InChI=1S/C31H30N4O4.C25H26N4O3.C25H28N4O2.C23H24N4O2/c1-20-14-22-15-23(8-9-25(22)33-20)34-26-10-13-32-27-17-29(28(37-2)16-24(26)27)39-19-31(11-12-31)35-30(36)38-18-21-6-4-3-5-7-21;1-15-10-17-11-18(4-5-20(17)27-15)28-21-6-9-26-22-13-24(23(31-3)12-19(21)22)32-14-25(7-8-25)29-16(2)30;1-16-11-17-12-18(5-6-20(17)27-16)28-21-7-10-26-22-14-24(23(30-4)13-19(21)22)31-15-25(8-9-25)29(2)3;1-14-9-15-10-16(3-4-18(15)26-14)27-19-5-8-25-20-12-22(21(28-2)11-17(19)20)29-13-23(24)6-7-23/h3-10,13-17,33H,11-12,18-19H2,1-2H3,(H,32,34)(H,35,36);4-6,9-13,27H,7-8,14H2,1-3H3,(H,26,28)(H,29,30);5-7,10-14,27H,8-9,15H2,1-4H3,(H,26,28);3-5,8-12,26H,6-7,13,24H2,1-2H3,(H,25,27). The molecule has 4 aliphatic rings. The maximum absolute atomic E-state index is 12.4. The van der Waals surface area contributed by atoms with Crippen molar-refractivity contribution in [2.75, 3.05) is 90.2 Å². The summed E-state index contributed by atoms with van der Waals surface area (Å²) in [5, 5.41) is 28.5. The number of hydrogen-bond acceptors (Lipinski definition) is 21. The lowest BCUT2D eigenvalue weighted by Gasteiger charge is -2.24. The van der Waals surface area contributed by atoms with Crippen molar-refractivity contribution in [3.63, 3.8) is 0 Å². The van der Waals surface area contributed by atoms with Gasteiger partial charge >= 0.3 is 6.09 Å². The number of nitrogens with two attached hydrogens (primary N) is 1. The molecule has 0 aliphatic heterocycles. The zero-order valence-corrected chi connectivity index (χ0v) is 75.4. The van der Waals surface area contributed by atoms with Gasteiger partial charge < -0.3 is 105 Å². The van der Waals surface area contributed by atoms with Crippen LogP contribution in [0.5, 0.6) is 46.0 Å². The first-order valence-electron chi connectivity index (χ1n) is 44.0. The van der Waals surface area contributed by atoms with Crippen LogP contribution >= 0.6 is 0 Å². The summed E-state index contributed by atoms with van der Waals surface area (Å²) in [6.45, 7) is 11.8. The molecule has 12 N–H and O–H groups in total. The highest BCUT2D eigenvalue weighted by Gasteiger charge is 2.48. The molecule has 21 rings (SSSR count). The fraction of sp³-hybridized carbons (Fsp3) is 0.269. The maximum atomic E-state index is 12.4. The van der Waals surface area contributed by atoms with Gasteiger partial charge in [-0.2, -0.15) is 0 Å². The second-order valence-corrected chi connectivity index (χ2v) is 35.1. The molecule has 27 heteroatoms. The molecule has 0 bridgehead atoms. The molecule has 17 aromatic rings. The minimum absolute atomic E-state index is 0.0399. The number of H-pyrrole nitrogens is 4. The molecule has 27 nitrogen and oxygen atoms in total. The summed E-state index contributed by atoms with van der Waals surface area (Å²) in [5.41, 5.74) is 26.5. The van der Waals surface area contributed by atoms with Crippen LogP contribution < -0.4 is 75.5 Å². The van der Waals surface area contributed by atoms with Crippen LogP contribution in [0.2, 0.25) is 0 Å². The highest BCUT2D eigenvalue weighted by molar-refractivity contribution is 6.00. The van der Waals surface area contributed by atoms with Gasteiger partial charge in [-0.3, -0.25) is 24.7 Å². The van der Waals surface area contributed by atoms with Gasteiger partial charge in [0.1, 0.15) is 33.0 Å². The highest BCUT2D eigenvalue weighted by atomic mass is 16.6. The summed E-state index contributed by atoms with van der Waals surface area (Å²) < 4.78 is 52.3. The average Bonchev–Trinajstić information content (AvgIpc) is 1.79. The predicted octanol–water partition coefficient (Wildman–Crippen LogP) is 21.3. The second kappa shape index (κ2) is 36.7. The van der Waals surface area contributed by atoms with Gasteiger partial charge in [0, 0.05) is 189 Å². The van der Waals surface area contributed by atoms with Gasteiger partial charge in [0.2, 0.25) is 5.91 Å². The van der Waals surface area contributed by atoms with E-state index in [1.165, 1.54) is 17.7 Å². The molecular formula is C104H108N16O11. The Bertz CT molecular complexity index is 7110. The van der Waals surface area contributed by atoms with Crippen molar-refractivity contribution in [2.24, 2.45) is 5.73 Å². The van der Waals surface area contributed by atoms with Crippen LogP contribution in [0.1, 0.15) is 86.6 Å². The van der Waals surface area contributed by atoms with Gasteiger partial charge in [-0.25, -0.2) is 4.79 Å². The number of nitrogens with one attached hydrogen (secondary N) is 10. The molecule has 2 amide bonds. The van der Waals surface area contributed by atoms with Crippen LogP contribution in [0.3, 0.4) is 0 Å². The topological polar surface area (TPSA) is 333 Å². The first-order chi connectivity index (χ1) is 63.4. The Kier molecular flexibility index (Phi) is 24.3. The number of aromatic nitrogens is 8. The summed E-state index contributed by atoms with van der Waals surface area (Å²) in [6.07, 6.45) is 14.5. The zero-order valence-electron chi connectivity index (χ0n) is 75.4. The number of fused-ring (bicyclic) bond motifs is 8. The minimum atomic E-state index is -0.448. The van der Waals surface area contributed by atoms with E-state index < -0.39 is 11.6 Å². The predicted molar refractivity (Wildman–Crippen MR) is 520 cm³/mol. The lowest BCUT2D eigenvalue weighted by atomic mass is 10.1. The number of aryl methyl sites for hydroxylation is 4. The monoisotopic (exact) mass is 1760 g/mol. The summed E-state index contributed by atoms with van der Waals surface area (Å²) in [4.78, 5) is 57.7. The molecule has 0 unspecified atom stereocenters. The molecule has 4 aliphatic carbocycles. The van der Waals surface area contributed by atoms with Gasteiger partial charge in [-0.05, 0) is 244 Å². The fourth-order valence-corrected chi connectivity index (χ4v) is 16.5. The number of methoxy groups -OCH3 is 4. The van der Waals surface area contributed by atoms with Crippen LogP contribution in [0.4, 0.5) is 50.3 Å². The number of carbonyl (C=O) groups is 2. The van der Waals surface area contributed by atoms with E-state index in [0.29, 0.717) is 60.9 Å². The normalized spacial score (nSPS) is 14.4. The lowest BCUT2D eigenvalue weighted by molar-refractivity contribution is -0.120. The molecule has 0 saturated heterocycles. The van der Waals surface area contributed by atoms with Gasteiger partial charge in [0.15, 0.2) is 46.0 Å². The van der Waals surface area contributed by atoms with Crippen molar-refractivity contribution in [2.45, 2.75) is 115 Å². The van der Waals surface area contributed by atoms with Crippen LogP contribution in [0.25, 0.3) is 87.2 Å². The molecule has 4 saturated carbocycles. The van der Waals surface area contributed by atoms with E-state index in [1.807, 2.05) is 122 Å². The lowest BCUT2D eigenvalue weighted by Crippen LogP contribution is -2.41. The number of ether oxygens (including phenoxy) is 9. The molecular weight excluding hydrogens is 1650 g/mol. The van der Waals surface area contributed by atoms with Crippen molar-refractivity contribution in [1.29, 1.82) is 0 Å². The Hall–Kier alpha value is -15.0. The molecule has 670 valence electrons. The van der Waals surface area contributed by atoms with E-state index >= 15 is 0 Å². The Balaban J connectivity index is 0.000000118. The van der Waals surface area contributed by atoms with Crippen molar-refractivity contribution in [3.05, 3.63) is 253 Å². The molecule has 8 aromatic heterocycles. The molecule has 8 heterocycles. The van der Waals surface area contributed by atoms with Crippen LogP contribution in [-0.4, -0.2) is 148 Å². The summed E-state index contributed by atoms with van der Waals surface area (Å²) in [6, 6.07) is 66.6. The molecule has 4 fully saturated rings. The van der Waals surface area contributed by atoms with Crippen molar-refractivity contribution in [1.82, 2.24) is 55.4 Å². The maximum Gasteiger partial charge on any atom is 0.408 e. The van der Waals surface area contributed by atoms with Crippen molar-refractivity contribution >= 4 is 145 Å². The van der Waals surface area contributed by atoms with E-state index in [-0.39, 0.29) is 29.1 Å². The van der Waals surface area contributed by atoms with Crippen LogP contribution in [0, 0.1) is 27.7 Å². The number of nitrogens with zero attached hydrogens (tertiary/aromatic N) is 5. The second-order valence-electron chi connectivity index (χ2n) is 35.1. The van der Waals surface area contributed by atoms with Crippen LogP contribution in [-0.2, 0) is 16.1 Å². The highest BCUT2D eigenvalue weighted by Crippen LogP contribution is 2.47. The van der Waals surface area contributed by atoms with Gasteiger partial charge in [-0.15, -0.1) is 0 Å². The first-order valence-corrected chi connectivity index (χ1v) is 44.0. The van der Waals surface area contributed by atoms with E-state index in [1.54, 1.807) is 47.0 Å². The number of carbonyl (C=O) groups excluding carboxylic acids is 2. The quantitative estimate of drug-likeness (QED) is 0.0207. The molecule has 131 heavy (non-hydrogen) atoms. The number of rotatable bonds is 29. The fourth-order valence-electron chi connectivity index (χ4n) is 16.5. The zero-order chi connectivity index (χ0) is 90.7. The van der Waals surface area contributed by atoms with E-state index in [2.05, 4.69) is 203 Å². The summed E-state index contributed by atoms with van der Waals surface area (Å²) >= 11 is 0. The van der Waals surface area contributed by atoms with Gasteiger partial charge in [0.25, 0.3) is 0 Å². The van der Waals surface area contributed by atoms with Crippen LogP contribution in [0.15, 0.2) is 225 Å². The number of benzene rings is 9. The number of amides is 2.